The molecule has 18 heavy (non-hydrogen) atoms. The molecule has 0 rings (SSSR count). The summed E-state index contributed by atoms with van der Waals surface area (Å²) in [4.78, 5) is 11.3. The number of carbonyl (C=O) groups excluding carboxylic acids is 1. The van der Waals surface area contributed by atoms with Gasteiger partial charge in [-0.3, -0.25) is 4.79 Å². The van der Waals surface area contributed by atoms with Crippen LogP contribution in [0.1, 0.15) is 40.0 Å². The molecule has 0 bridgehead atoms. The number of rotatable bonds is 10. The van der Waals surface area contributed by atoms with Crippen molar-refractivity contribution in [1.29, 1.82) is 0 Å². The van der Waals surface area contributed by atoms with E-state index < -0.39 is 21.5 Å². The molecular weight excluding hydrogens is 252 g/mol. The van der Waals surface area contributed by atoms with Crippen LogP contribution in [0, 0.1) is 0 Å². The molecule has 0 unspecified atom stereocenters. The Labute approximate surface area is 111 Å². The minimum atomic E-state index is -3.30. The standard InChI is InChI=1S/C12H26N2O3S/c1-4-7-14-12(15)10-18(16,17)9-8-13-11(5-2)6-3/h11,13H,4-10H2,1-3H3,(H,14,15). The van der Waals surface area contributed by atoms with Gasteiger partial charge < -0.3 is 10.6 Å². The quantitative estimate of drug-likeness (QED) is 0.617. The summed E-state index contributed by atoms with van der Waals surface area (Å²) in [6.07, 6.45) is 2.77. The van der Waals surface area contributed by atoms with E-state index in [1.807, 2.05) is 6.92 Å². The topological polar surface area (TPSA) is 75.3 Å². The number of sulfone groups is 1. The van der Waals surface area contributed by atoms with E-state index in [2.05, 4.69) is 24.5 Å². The Morgan fingerprint density at radius 3 is 2.22 bits per heavy atom. The van der Waals surface area contributed by atoms with Crippen molar-refractivity contribution in [3.05, 3.63) is 0 Å². The van der Waals surface area contributed by atoms with Crippen molar-refractivity contribution in [3.8, 4) is 0 Å². The Bertz CT molecular complexity index is 324. The Kier molecular flexibility index (Phi) is 9.01. The zero-order chi connectivity index (χ0) is 14.0. The molecule has 0 aromatic rings. The molecule has 0 aliphatic rings. The summed E-state index contributed by atoms with van der Waals surface area (Å²) in [6, 6.07) is 0.356. The van der Waals surface area contributed by atoms with Crippen LogP contribution in [-0.2, 0) is 14.6 Å². The molecule has 0 heterocycles. The van der Waals surface area contributed by atoms with Crippen LogP contribution >= 0.6 is 0 Å². The third-order valence-electron chi connectivity index (χ3n) is 2.75. The van der Waals surface area contributed by atoms with Gasteiger partial charge >= 0.3 is 0 Å². The summed E-state index contributed by atoms with van der Waals surface area (Å²) in [6.45, 7) is 6.99. The van der Waals surface area contributed by atoms with Crippen molar-refractivity contribution in [1.82, 2.24) is 10.6 Å². The van der Waals surface area contributed by atoms with Gasteiger partial charge in [-0.05, 0) is 19.3 Å². The number of carbonyl (C=O) groups is 1. The van der Waals surface area contributed by atoms with Crippen LogP contribution in [0.15, 0.2) is 0 Å². The fourth-order valence-corrected chi connectivity index (χ4v) is 2.66. The molecule has 0 radical (unpaired) electrons. The van der Waals surface area contributed by atoms with Gasteiger partial charge in [0.25, 0.3) is 0 Å². The van der Waals surface area contributed by atoms with Crippen molar-refractivity contribution >= 4 is 15.7 Å². The molecule has 5 nitrogen and oxygen atoms in total. The van der Waals surface area contributed by atoms with Crippen molar-refractivity contribution < 1.29 is 13.2 Å². The van der Waals surface area contributed by atoms with Crippen LogP contribution in [0.3, 0.4) is 0 Å². The third-order valence-corrected chi connectivity index (χ3v) is 4.28. The minimum Gasteiger partial charge on any atom is -0.355 e. The highest BCUT2D eigenvalue weighted by Gasteiger charge is 2.16. The Morgan fingerprint density at radius 1 is 1.11 bits per heavy atom. The summed E-state index contributed by atoms with van der Waals surface area (Å²) >= 11 is 0. The lowest BCUT2D eigenvalue weighted by atomic mass is 10.2. The van der Waals surface area contributed by atoms with Crippen molar-refractivity contribution in [3.63, 3.8) is 0 Å². The second kappa shape index (κ2) is 9.33. The predicted molar refractivity (Wildman–Crippen MR) is 74.3 cm³/mol. The minimum absolute atomic E-state index is 0.0169. The first kappa shape index (κ1) is 17.4. The second-order valence-electron chi connectivity index (χ2n) is 4.41. The van der Waals surface area contributed by atoms with Crippen molar-refractivity contribution in [2.75, 3.05) is 24.6 Å². The van der Waals surface area contributed by atoms with E-state index in [1.165, 1.54) is 0 Å². The van der Waals surface area contributed by atoms with Gasteiger partial charge in [0.1, 0.15) is 5.75 Å². The second-order valence-corrected chi connectivity index (χ2v) is 6.59. The van der Waals surface area contributed by atoms with Crippen molar-refractivity contribution in [2.45, 2.75) is 46.1 Å². The molecule has 108 valence electrons. The van der Waals surface area contributed by atoms with E-state index in [0.717, 1.165) is 19.3 Å². The van der Waals surface area contributed by atoms with Crippen LogP contribution in [0.2, 0.25) is 0 Å². The van der Waals surface area contributed by atoms with E-state index in [4.69, 9.17) is 0 Å². The molecule has 0 saturated heterocycles. The summed E-state index contributed by atoms with van der Waals surface area (Å²) in [5.74, 6) is -0.792. The van der Waals surface area contributed by atoms with Crippen LogP contribution in [-0.4, -0.2) is 45.0 Å². The lowest BCUT2D eigenvalue weighted by Crippen LogP contribution is -2.36. The Hall–Kier alpha value is -0.620. The first-order valence-corrected chi connectivity index (χ1v) is 8.47. The molecule has 0 fully saturated rings. The number of hydrogen-bond acceptors (Lipinski definition) is 4. The maximum Gasteiger partial charge on any atom is 0.235 e. The van der Waals surface area contributed by atoms with Crippen LogP contribution in [0.5, 0.6) is 0 Å². The van der Waals surface area contributed by atoms with Gasteiger partial charge in [0, 0.05) is 19.1 Å². The molecule has 0 aliphatic heterocycles. The molecule has 0 aromatic carbocycles. The molecule has 6 heteroatoms. The van der Waals surface area contributed by atoms with E-state index in [0.29, 0.717) is 19.1 Å². The van der Waals surface area contributed by atoms with Crippen LogP contribution in [0.25, 0.3) is 0 Å². The monoisotopic (exact) mass is 278 g/mol. The summed E-state index contributed by atoms with van der Waals surface area (Å²) in [5.41, 5.74) is 0. The fourth-order valence-electron chi connectivity index (χ4n) is 1.58. The van der Waals surface area contributed by atoms with E-state index in [-0.39, 0.29) is 5.75 Å². The highest BCUT2D eigenvalue weighted by Crippen LogP contribution is 1.96. The van der Waals surface area contributed by atoms with Gasteiger partial charge in [0.05, 0.1) is 5.75 Å². The number of amides is 1. The first-order chi connectivity index (χ1) is 8.45. The Morgan fingerprint density at radius 2 is 1.72 bits per heavy atom. The Balaban J connectivity index is 3.97. The predicted octanol–water partition coefficient (Wildman–Crippen LogP) is 0.706. The molecule has 0 aliphatic carbocycles. The average Bonchev–Trinajstić information content (AvgIpc) is 2.31. The molecular formula is C12H26N2O3S. The molecule has 2 N–H and O–H groups in total. The van der Waals surface area contributed by atoms with Gasteiger partial charge in [-0.25, -0.2) is 8.42 Å². The molecule has 0 saturated carbocycles. The highest BCUT2D eigenvalue weighted by atomic mass is 32.2. The summed E-state index contributed by atoms with van der Waals surface area (Å²) in [7, 11) is -3.30. The van der Waals surface area contributed by atoms with Gasteiger partial charge in [-0.2, -0.15) is 0 Å². The van der Waals surface area contributed by atoms with E-state index in [9.17, 15) is 13.2 Å². The average molecular weight is 278 g/mol. The molecule has 0 atom stereocenters. The van der Waals surface area contributed by atoms with E-state index in [1.54, 1.807) is 0 Å². The number of nitrogens with one attached hydrogen (secondary N) is 2. The molecule has 1 amide bonds. The SMILES string of the molecule is CCCNC(=O)CS(=O)(=O)CCNC(CC)CC. The summed E-state index contributed by atoms with van der Waals surface area (Å²) in [5, 5.41) is 5.75. The zero-order valence-corrected chi connectivity index (χ0v) is 12.5. The largest absolute Gasteiger partial charge is 0.355 e. The molecule has 0 spiro atoms. The van der Waals surface area contributed by atoms with Gasteiger partial charge in [0.15, 0.2) is 9.84 Å². The van der Waals surface area contributed by atoms with Crippen molar-refractivity contribution in [2.24, 2.45) is 0 Å². The van der Waals surface area contributed by atoms with Gasteiger partial charge in [-0.1, -0.05) is 20.8 Å². The third kappa shape index (κ3) is 8.47. The lowest BCUT2D eigenvalue weighted by molar-refractivity contribution is -0.118. The normalized spacial score (nSPS) is 11.8. The maximum atomic E-state index is 11.7. The van der Waals surface area contributed by atoms with Crippen LogP contribution in [0.4, 0.5) is 0 Å². The maximum absolute atomic E-state index is 11.7. The lowest BCUT2D eigenvalue weighted by Gasteiger charge is -2.14. The fraction of sp³-hybridized carbons (Fsp3) is 0.917. The highest BCUT2D eigenvalue weighted by molar-refractivity contribution is 7.92. The van der Waals surface area contributed by atoms with Gasteiger partial charge in [0.2, 0.25) is 5.91 Å². The summed E-state index contributed by atoms with van der Waals surface area (Å²) < 4.78 is 23.3. The van der Waals surface area contributed by atoms with E-state index >= 15 is 0 Å². The van der Waals surface area contributed by atoms with Crippen LogP contribution < -0.4 is 10.6 Å². The first-order valence-electron chi connectivity index (χ1n) is 6.65. The zero-order valence-electron chi connectivity index (χ0n) is 11.7. The van der Waals surface area contributed by atoms with Gasteiger partial charge in [-0.15, -0.1) is 0 Å². The number of hydrogen-bond donors (Lipinski definition) is 2. The molecule has 0 aromatic heterocycles. The smallest absolute Gasteiger partial charge is 0.235 e.